The zero-order valence-corrected chi connectivity index (χ0v) is 11.5. The van der Waals surface area contributed by atoms with Crippen LogP contribution in [0.25, 0.3) is 5.69 Å². The lowest BCUT2D eigenvalue weighted by atomic mass is 10.3. The third-order valence-corrected chi connectivity index (χ3v) is 4.21. The van der Waals surface area contributed by atoms with E-state index in [1.165, 1.54) is 25.2 Å². The monoisotopic (exact) mass is 320 g/mol. The fourth-order valence-corrected chi connectivity index (χ4v) is 2.48. The van der Waals surface area contributed by atoms with Gasteiger partial charge in [0.1, 0.15) is 4.90 Å². The summed E-state index contributed by atoms with van der Waals surface area (Å²) in [7, 11) is -2.50. The van der Waals surface area contributed by atoms with Crippen LogP contribution in [-0.4, -0.2) is 25.2 Å². The van der Waals surface area contributed by atoms with Crippen molar-refractivity contribution in [1.82, 2.24) is 14.5 Å². The standard InChI is InChI=1S/C11H11F3N4O2S/c1-16-21(19,20)10-3-2-8(4-9(10)15)18-6-7(5-17-18)11(12,13)14/h2-6,16H,15H2,1H3. The number of anilines is 1. The SMILES string of the molecule is CNS(=O)(=O)c1ccc(-n2cc(C(F)(F)F)cn2)cc1N. The normalized spacial score (nSPS) is 12.6. The van der Waals surface area contributed by atoms with E-state index < -0.39 is 21.8 Å². The third kappa shape index (κ3) is 3.00. The Morgan fingerprint density at radius 3 is 2.48 bits per heavy atom. The molecule has 1 heterocycles. The average Bonchev–Trinajstić information content (AvgIpc) is 2.87. The van der Waals surface area contributed by atoms with Gasteiger partial charge in [-0.3, -0.25) is 0 Å². The van der Waals surface area contributed by atoms with Gasteiger partial charge in [0.15, 0.2) is 0 Å². The number of nitrogens with zero attached hydrogens (tertiary/aromatic N) is 2. The molecule has 10 heteroatoms. The molecule has 0 aliphatic heterocycles. The second kappa shape index (κ2) is 5.04. The summed E-state index contributed by atoms with van der Waals surface area (Å²) < 4.78 is 63.8. The van der Waals surface area contributed by atoms with Crippen LogP contribution in [0.5, 0.6) is 0 Å². The van der Waals surface area contributed by atoms with E-state index in [0.717, 1.165) is 10.9 Å². The van der Waals surface area contributed by atoms with Crippen LogP contribution in [0.1, 0.15) is 5.56 Å². The highest BCUT2D eigenvalue weighted by atomic mass is 32.2. The Labute approximate surface area is 118 Å². The van der Waals surface area contributed by atoms with E-state index in [-0.39, 0.29) is 16.3 Å². The molecule has 0 spiro atoms. The van der Waals surface area contributed by atoms with Crippen LogP contribution in [0.15, 0.2) is 35.5 Å². The van der Waals surface area contributed by atoms with Gasteiger partial charge in [-0.1, -0.05) is 0 Å². The molecule has 21 heavy (non-hydrogen) atoms. The lowest BCUT2D eigenvalue weighted by Crippen LogP contribution is -2.20. The lowest BCUT2D eigenvalue weighted by molar-refractivity contribution is -0.137. The van der Waals surface area contributed by atoms with Crippen LogP contribution >= 0.6 is 0 Å². The van der Waals surface area contributed by atoms with E-state index in [2.05, 4.69) is 9.82 Å². The molecule has 0 fully saturated rings. The van der Waals surface area contributed by atoms with Crippen molar-refractivity contribution in [2.75, 3.05) is 12.8 Å². The van der Waals surface area contributed by atoms with Crippen molar-refractivity contribution in [1.29, 1.82) is 0 Å². The summed E-state index contributed by atoms with van der Waals surface area (Å²) in [6, 6.07) is 3.75. The fourth-order valence-electron chi connectivity index (χ4n) is 1.64. The Balaban J connectivity index is 2.44. The van der Waals surface area contributed by atoms with E-state index in [4.69, 9.17) is 5.73 Å². The Morgan fingerprint density at radius 2 is 2.00 bits per heavy atom. The molecule has 0 saturated carbocycles. The van der Waals surface area contributed by atoms with Gasteiger partial charge in [0.25, 0.3) is 0 Å². The van der Waals surface area contributed by atoms with Crippen LogP contribution in [0.3, 0.4) is 0 Å². The van der Waals surface area contributed by atoms with E-state index in [1.807, 2.05) is 0 Å². The maximum absolute atomic E-state index is 12.5. The van der Waals surface area contributed by atoms with E-state index in [1.54, 1.807) is 0 Å². The summed E-state index contributed by atoms with van der Waals surface area (Å²) in [6.07, 6.45) is -3.03. The molecule has 0 unspecified atom stereocenters. The first-order valence-electron chi connectivity index (χ1n) is 5.60. The highest BCUT2D eigenvalue weighted by Crippen LogP contribution is 2.29. The summed E-state index contributed by atoms with van der Waals surface area (Å²) in [5.41, 5.74) is 4.85. The zero-order chi connectivity index (χ0) is 15.8. The number of alkyl halides is 3. The fraction of sp³-hybridized carbons (Fsp3) is 0.182. The molecule has 3 N–H and O–H groups in total. The minimum absolute atomic E-state index is 0.0918. The number of nitrogen functional groups attached to an aromatic ring is 1. The number of halogens is 3. The average molecular weight is 320 g/mol. The van der Waals surface area contributed by atoms with Gasteiger partial charge in [-0.15, -0.1) is 0 Å². The minimum Gasteiger partial charge on any atom is -0.398 e. The van der Waals surface area contributed by atoms with Gasteiger partial charge in [-0.05, 0) is 25.2 Å². The van der Waals surface area contributed by atoms with E-state index in [9.17, 15) is 21.6 Å². The quantitative estimate of drug-likeness (QED) is 0.836. The molecule has 0 amide bonds. The number of benzene rings is 1. The summed E-state index contributed by atoms with van der Waals surface area (Å²) >= 11 is 0. The molecule has 6 nitrogen and oxygen atoms in total. The van der Waals surface area contributed by atoms with Crippen LogP contribution in [-0.2, 0) is 16.2 Å². The van der Waals surface area contributed by atoms with Crippen molar-refractivity contribution in [3.05, 3.63) is 36.2 Å². The largest absolute Gasteiger partial charge is 0.419 e. The Hall–Kier alpha value is -2.07. The van der Waals surface area contributed by atoms with Gasteiger partial charge in [-0.25, -0.2) is 17.8 Å². The number of nitrogens with two attached hydrogens (primary N) is 1. The zero-order valence-electron chi connectivity index (χ0n) is 10.7. The van der Waals surface area contributed by atoms with Crippen molar-refractivity contribution >= 4 is 15.7 Å². The number of nitrogens with one attached hydrogen (secondary N) is 1. The molecular weight excluding hydrogens is 309 g/mol. The second-order valence-corrected chi connectivity index (χ2v) is 5.96. The molecule has 0 aliphatic carbocycles. The molecule has 1 aromatic heterocycles. The molecule has 0 bridgehead atoms. The number of sulfonamides is 1. The van der Waals surface area contributed by atoms with E-state index >= 15 is 0 Å². The van der Waals surface area contributed by atoms with Gasteiger partial charge in [0.05, 0.1) is 23.1 Å². The smallest absolute Gasteiger partial charge is 0.398 e. The van der Waals surface area contributed by atoms with Crippen LogP contribution < -0.4 is 10.5 Å². The molecule has 114 valence electrons. The summed E-state index contributed by atoms with van der Waals surface area (Å²) in [5.74, 6) is 0. The molecule has 1 aromatic carbocycles. The summed E-state index contributed by atoms with van der Waals surface area (Å²) in [5, 5.41) is 3.58. The van der Waals surface area contributed by atoms with Gasteiger partial charge >= 0.3 is 6.18 Å². The minimum atomic E-state index is -4.50. The summed E-state index contributed by atoms with van der Waals surface area (Å²) in [6.45, 7) is 0. The predicted octanol–water partition coefficient (Wildman–Crippen LogP) is 1.38. The Bertz CT molecular complexity index is 768. The maximum Gasteiger partial charge on any atom is 0.419 e. The van der Waals surface area contributed by atoms with Crippen molar-refractivity contribution < 1.29 is 21.6 Å². The van der Waals surface area contributed by atoms with E-state index in [0.29, 0.717) is 6.20 Å². The summed E-state index contributed by atoms with van der Waals surface area (Å²) in [4.78, 5) is -0.156. The topological polar surface area (TPSA) is 90.0 Å². The van der Waals surface area contributed by atoms with Crippen molar-refractivity contribution in [2.24, 2.45) is 0 Å². The van der Waals surface area contributed by atoms with Gasteiger partial charge < -0.3 is 5.73 Å². The first-order chi connectivity index (χ1) is 9.65. The highest BCUT2D eigenvalue weighted by molar-refractivity contribution is 7.89. The maximum atomic E-state index is 12.5. The van der Waals surface area contributed by atoms with Gasteiger partial charge in [0.2, 0.25) is 10.0 Å². The molecule has 0 radical (unpaired) electrons. The van der Waals surface area contributed by atoms with Crippen LogP contribution in [0.2, 0.25) is 0 Å². The molecule has 2 rings (SSSR count). The van der Waals surface area contributed by atoms with Crippen LogP contribution in [0, 0.1) is 0 Å². The molecule has 0 atom stereocenters. The number of rotatable bonds is 3. The lowest BCUT2D eigenvalue weighted by Gasteiger charge is -2.08. The van der Waals surface area contributed by atoms with Crippen LogP contribution in [0.4, 0.5) is 18.9 Å². The van der Waals surface area contributed by atoms with Crippen molar-refractivity contribution in [3.63, 3.8) is 0 Å². The van der Waals surface area contributed by atoms with Crippen molar-refractivity contribution in [2.45, 2.75) is 11.1 Å². The first kappa shape index (κ1) is 15.3. The molecular formula is C11H11F3N4O2S. The third-order valence-electron chi connectivity index (χ3n) is 2.73. The first-order valence-corrected chi connectivity index (χ1v) is 7.09. The Morgan fingerprint density at radius 1 is 1.33 bits per heavy atom. The van der Waals surface area contributed by atoms with Gasteiger partial charge in [0, 0.05) is 6.20 Å². The highest BCUT2D eigenvalue weighted by Gasteiger charge is 2.32. The van der Waals surface area contributed by atoms with Crippen molar-refractivity contribution in [3.8, 4) is 5.69 Å². The number of hydrogen-bond acceptors (Lipinski definition) is 4. The predicted molar refractivity (Wildman–Crippen MR) is 69.2 cm³/mol. The number of aromatic nitrogens is 2. The number of hydrogen-bond donors (Lipinski definition) is 2. The molecule has 0 aliphatic rings. The second-order valence-electron chi connectivity index (χ2n) is 4.10. The van der Waals surface area contributed by atoms with Gasteiger partial charge in [-0.2, -0.15) is 18.3 Å². The Kier molecular flexibility index (Phi) is 3.68. The molecule has 0 saturated heterocycles. The molecule has 2 aromatic rings.